The molecule has 0 spiro atoms. The fourth-order valence-electron chi connectivity index (χ4n) is 3.79. The van der Waals surface area contributed by atoms with E-state index < -0.39 is 17.4 Å². The van der Waals surface area contributed by atoms with E-state index in [9.17, 15) is 17.6 Å². The molecule has 3 heterocycles. The third-order valence-electron chi connectivity index (χ3n) is 5.81. The van der Waals surface area contributed by atoms with Gasteiger partial charge in [-0.25, -0.2) is 4.39 Å². The Kier molecular flexibility index (Phi) is 4.48. The van der Waals surface area contributed by atoms with Crippen LogP contribution < -0.4 is 0 Å². The van der Waals surface area contributed by atoms with E-state index in [1.165, 1.54) is 23.1 Å². The molecule has 3 aromatic heterocycles. The van der Waals surface area contributed by atoms with Gasteiger partial charge in [0.15, 0.2) is 11.5 Å². The molecule has 160 valence electrons. The van der Waals surface area contributed by atoms with Crippen molar-refractivity contribution in [2.24, 2.45) is 5.41 Å². The van der Waals surface area contributed by atoms with Gasteiger partial charge in [0.1, 0.15) is 0 Å². The number of halogens is 4. The molecule has 0 aliphatic heterocycles. The van der Waals surface area contributed by atoms with Crippen LogP contribution in [0, 0.1) is 17.8 Å². The Hall–Kier alpha value is -3.80. The first-order valence-electron chi connectivity index (χ1n) is 9.82. The van der Waals surface area contributed by atoms with Crippen molar-refractivity contribution in [2.45, 2.75) is 25.6 Å². The zero-order chi connectivity index (χ0) is 22.5. The van der Waals surface area contributed by atoms with E-state index in [2.05, 4.69) is 19.9 Å². The van der Waals surface area contributed by atoms with Gasteiger partial charge in [0.2, 0.25) is 0 Å². The topological polar surface area (TPSA) is 48.0 Å². The van der Waals surface area contributed by atoms with E-state index in [4.69, 9.17) is 6.57 Å². The first-order chi connectivity index (χ1) is 15.3. The van der Waals surface area contributed by atoms with Crippen LogP contribution in [0.1, 0.15) is 12.8 Å². The first-order valence-corrected chi connectivity index (χ1v) is 9.82. The molecule has 0 bridgehead atoms. The molecule has 4 aromatic rings. The van der Waals surface area contributed by atoms with Crippen LogP contribution in [-0.2, 0) is 6.54 Å². The SMILES string of the molecule is [C-]#[N+]c1nc(-c2ccc3cccnc3c2)c(-c2cnn(CC3(C(F)(F)F)CC3)c2)cc1F. The van der Waals surface area contributed by atoms with Gasteiger partial charge in [-0.05, 0) is 37.1 Å². The van der Waals surface area contributed by atoms with Crippen LogP contribution in [0.15, 0.2) is 55.0 Å². The highest BCUT2D eigenvalue weighted by Gasteiger charge is 2.63. The van der Waals surface area contributed by atoms with E-state index in [1.54, 1.807) is 18.3 Å². The van der Waals surface area contributed by atoms with Crippen LogP contribution in [0.2, 0.25) is 0 Å². The monoisotopic (exact) mass is 437 g/mol. The number of hydrogen-bond donors (Lipinski definition) is 0. The van der Waals surface area contributed by atoms with E-state index >= 15 is 0 Å². The minimum absolute atomic E-state index is 0.0664. The highest BCUT2D eigenvalue weighted by molar-refractivity contribution is 5.88. The van der Waals surface area contributed by atoms with Crippen LogP contribution in [0.5, 0.6) is 0 Å². The van der Waals surface area contributed by atoms with Gasteiger partial charge in [0.25, 0.3) is 0 Å². The summed E-state index contributed by atoms with van der Waals surface area (Å²) in [6, 6.07) is 10.3. The summed E-state index contributed by atoms with van der Waals surface area (Å²) in [6.45, 7) is 6.92. The van der Waals surface area contributed by atoms with Crippen LogP contribution in [0.3, 0.4) is 0 Å². The molecule has 0 atom stereocenters. The van der Waals surface area contributed by atoms with Gasteiger partial charge >= 0.3 is 12.0 Å². The molecular formula is C23H15F4N5. The molecule has 0 N–H and O–H groups in total. The van der Waals surface area contributed by atoms with Gasteiger partial charge in [0, 0.05) is 34.5 Å². The largest absolute Gasteiger partial charge is 0.396 e. The third kappa shape index (κ3) is 3.38. The summed E-state index contributed by atoms with van der Waals surface area (Å²) in [6.07, 6.45) is 0.334. The summed E-state index contributed by atoms with van der Waals surface area (Å²) in [7, 11) is 0. The molecule has 0 radical (unpaired) electrons. The normalized spacial score (nSPS) is 15.0. The number of benzene rings is 1. The number of fused-ring (bicyclic) bond motifs is 1. The van der Waals surface area contributed by atoms with Crippen molar-refractivity contribution >= 4 is 16.7 Å². The van der Waals surface area contributed by atoms with Gasteiger partial charge in [0.05, 0.1) is 23.7 Å². The van der Waals surface area contributed by atoms with E-state index in [-0.39, 0.29) is 25.2 Å². The Balaban J connectivity index is 1.59. The lowest BCUT2D eigenvalue weighted by atomic mass is 10.00. The molecule has 0 saturated heterocycles. The van der Waals surface area contributed by atoms with Crippen LogP contribution >= 0.6 is 0 Å². The average Bonchev–Trinajstić information content (AvgIpc) is 3.43. The van der Waals surface area contributed by atoms with E-state index in [0.717, 1.165) is 5.39 Å². The maximum absolute atomic E-state index is 14.5. The lowest BCUT2D eigenvalue weighted by Crippen LogP contribution is -2.29. The van der Waals surface area contributed by atoms with E-state index in [1.807, 2.05) is 18.2 Å². The molecule has 0 unspecified atom stereocenters. The first kappa shape index (κ1) is 20.1. The molecule has 9 heteroatoms. The number of nitrogens with zero attached hydrogens (tertiary/aromatic N) is 5. The minimum Gasteiger partial charge on any atom is -0.358 e. The molecule has 32 heavy (non-hydrogen) atoms. The zero-order valence-electron chi connectivity index (χ0n) is 16.6. The standard InChI is InChI=1S/C23H15F4N5/c1-28-21-18(24)10-17(16-11-30-32(12-16)13-22(6-7-22)23(25,26)27)20(31-21)15-5-4-14-3-2-8-29-19(14)9-15/h2-5,8-12H,6-7,13H2. The van der Waals surface area contributed by atoms with Gasteiger partial charge in [-0.3, -0.25) is 9.67 Å². The Bertz CT molecular complexity index is 1380. The van der Waals surface area contributed by atoms with Crippen molar-refractivity contribution in [2.75, 3.05) is 0 Å². The number of aromatic nitrogens is 4. The summed E-state index contributed by atoms with van der Waals surface area (Å²) in [5.74, 6) is -1.19. The highest BCUT2D eigenvalue weighted by atomic mass is 19.4. The number of rotatable bonds is 4. The van der Waals surface area contributed by atoms with Crippen molar-refractivity contribution < 1.29 is 17.6 Å². The Morgan fingerprint density at radius 2 is 1.94 bits per heavy atom. The molecule has 0 amide bonds. The number of hydrogen-bond acceptors (Lipinski definition) is 3. The zero-order valence-corrected chi connectivity index (χ0v) is 16.6. The lowest BCUT2D eigenvalue weighted by molar-refractivity contribution is -0.191. The number of alkyl halides is 3. The fourth-order valence-corrected chi connectivity index (χ4v) is 3.79. The quantitative estimate of drug-likeness (QED) is 0.282. The molecule has 5 nitrogen and oxygen atoms in total. The Morgan fingerprint density at radius 1 is 1.12 bits per heavy atom. The molecular weight excluding hydrogens is 422 g/mol. The molecule has 1 aromatic carbocycles. The van der Waals surface area contributed by atoms with Crippen molar-refractivity contribution in [1.82, 2.24) is 19.7 Å². The van der Waals surface area contributed by atoms with E-state index in [0.29, 0.717) is 27.9 Å². The summed E-state index contributed by atoms with van der Waals surface area (Å²) < 4.78 is 55.7. The molecule has 1 fully saturated rings. The van der Waals surface area contributed by atoms with Crippen LogP contribution in [0.25, 0.3) is 38.1 Å². The maximum atomic E-state index is 14.5. The van der Waals surface area contributed by atoms with Gasteiger partial charge in [-0.1, -0.05) is 18.7 Å². The van der Waals surface area contributed by atoms with Crippen molar-refractivity contribution in [3.63, 3.8) is 0 Å². The second-order valence-electron chi connectivity index (χ2n) is 7.92. The van der Waals surface area contributed by atoms with Crippen molar-refractivity contribution in [1.29, 1.82) is 0 Å². The van der Waals surface area contributed by atoms with Crippen LogP contribution in [-0.4, -0.2) is 25.9 Å². The second kappa shape index (κ2) is 7.12. The highest BCUT2D eigenvalue weighted by Crippen LogP contribution is 2.58. The van der Waals surface area contributed by atoms with Crippen molar-refractivity contribution in [3.05, 3.63) is 72.2 Å². The lowest BCUT2D eigenvalue weighted by Gasteiger charge is -2.18. The molecule has 1 saturated carbocycles. The summed E-state index contributed by atoms with van der Waals surface area (Å²) >= 11 is 0. The Labute approximate surface area is 180 Å². The Morgan fingerprint density at radius 3 is 2.66 bits per heavy atom. The van der Waals surface area contributed by atoms with Crippen molar-refractivity contribution in [3.8, 4) is 22.4 Å². The summed E-state index contributed by atoms with van der Waals surface area (Å²) in [5, 5.41) is 4.98. The molecule has 1 aliphatic carbocycles. The molecule has 5 rings (SSSR count). The second-order valence-corrected chi connectivity index (χ2v) is 7.92. The van der Waals surface area contributed by atoms with Gasteiger partial charge in [-0.15, -0.1) is 4.98 Å². The summed E-state index contributed by atoms with van der Waals surface area (Å²) in [5.41, 5.74) is 0.651. The number of pyridine rings is 2. The smallest absolute Gasteiger partial charge is 0.358 e. The predicted octanol–water partition coefficient (Wildman–Crippen LogP) is 6.19. The summed E-state index contributed by atoms with van der Waals surface area (Å²) in [4.78, 5) is 11.7. The predicted molar refractivity (Wildman–Crippen MR) is 110 cm³/mol. The molecule has 1 aliphatic rings. The maximum Gasteiger partial charge on any atom is 0.396 e. The minimum atomic E-state index is -4.30. The van der Waals surface area contributed by atoms with Crippen LogP contribution in [0.4, 0.5) is 23.4 Å². The third-order valence-corrected chi connectivity index (χ3v) is 5.81. The van der Waals surface area contributed by atoms with Gasteiger partial charge in [-0.2, -0.15) is 18.3 Å². The van der Waals surface area contributed by atoms with Gasteiger partial charge < -0.3 is 4.85 Å². The fraction of sp³-hybridized carbons (Fsp3) is 0.217. The average molecular weight is 437 g/mol.